The average molecular weight is 536 g/mol. The van der Waals surface area contributed by atoms with E-state index < -0.39 is 6.10 Å². The number of aliphatic hydroxyl groups excluding tert-OH is 1. The number of rotatable bonds is 4. The fourth-order valence-corrected chi connectivity index (χ4v) is 3.87. The van der Waals surface area contributed by atoms with Gasteiger partial charge in [-0.05, 0) is 46.0 Å². The van der Waals surface area contributed by atoms with E-state index in [2.05, 4.69) is 66.1 Å². The Hall–Kier alpha value is -1.66. The number of unbranched alkanes of at least 4 members (excludes halogenated alkanes) is 1. The summed E-state index contributed by atoms with van der Waals surface area (Å²) in [6.07, 6.45) is 28.5. The molecular formula is C27H38INO2. The van der Waals surface area contributed by atoms with Crippen LogP contribution in [-0.2, 0) is 4.79 Å². The standard InChI is InChI=1S/C27H38INO2/c1-4-5-6-7-14-25-21-24(28)19-17-22(2)12-8-10-15-26(30)20-18-23(3)13-9-11-16-27(31)29-25/h6-13,15-18,24-26,30H,4-5,14,19-21H2,1-3H3,(H,29,31)/b7-6+,12-8+,13-9+,15-10-,16-11+,22-17+,23-18-. The molecule has 31 heavy (non-hydrogen) atoms. The number of nitrogens with one attached hydrogen (secondary N) is 1. The highest BCUT2D eigenvalue weighted by molar-refractivity contribution is 14.1. The van der Waals surface area contributed by atoms with Crippen molar-refractivity contribution in [2.24, 2.45) is 0 Å². The second-order valence-electron chi connectivity index (χ2n) is 7.93. The summed E-state index contributed by atoms with van der Waals surface area (Å²) in [6.45, 7) is 6.25. The summed E-state index contributed by atoms with van der Waals surface area (Å²) in [5.74, 6) is -0.0617. The van der Waals surface area contributed by atoms with Crippen molar-refractivity contribution in [2.45, 2.75) is 75.4 Å². The minimum Gasteiger partial charge on any atom is -0.389 e. The Morgan fingerprint density at radius 3 is 2.39 bits per heavy atom. The fourth-order valence-electron chi connectivity index (χ4n) is 3.00. The summed E-state index contributed by atoms with van der Waals surface area (Å²) in [4.78, 5) is 12.4. The molecule has 3 atom stereocenters. The highest BCUT2D eigenvalue weighted by Gasteiger charge is 2.14. The molecule has 1 aliphatic heterocycles. The maximum Gasteiger partial charge on any atom is 0.244 e. The van der Waals surface area contributed by atoms with E-state index in [-0.39, 0.29) is 11.9 Å². The smallest absolute Gasteiger partial charge is 0.244 e. The Labute approximate surface area is 202 Å². The highest BCUT2D eigenvalue weighted by Crippen LogP contribution is 2.18. The van der Waals surface area contributed by atoms with Crippen molar-refractivity contribution in [1.82, 2.24) is 5.32 Å². The Morgan fingerprint density at radius 2 is 1.68 bits per heavy atom. The number of alkyl halides is 1. The second-order valence-corrected chi connectivity index (χ2v) is 9.69. The molecule has 0 bridgehead atoms. The molecule has 0 saturated heterocycles. The van der Waals surface area contributed by atoms with Crippen LogP contribution in [0.5, 0.6) is 0 Å². The molecule has 3 unspecified atom stereocenters. The largest absolute Gasteiger partial charge is 0.389 e. The first kappa shape index (κ1) is 27.4. The predicted molar refractivity (Wildman–Crippen MR) is 142 cm³/mol. The van der Waals surface area contributed by atoms with Crippen molar-refractivity contribution in [3.05, 3.63) is 84.1 Å². The maximum absolute atomic E-state index is 12.4. The number of hydrogen-bond donors (Lipinski definition) is 2. The summed E-state index contributed by atoms with van der Waals surface area (Å²) >= 11 is 2.48. The molecule has 170 valence electrons. The molecule has 0 aliphatic carbocycles. The summed E-state index contributed by atoms with van der Waals surface area (Å²) in [7, 11) is 0. The Bertz CT molecular complexity index is 740. The molecule has 0 saturated carbocycles. The minimum atomic E-state index is -0.508. The van der Waals surface area contributed by atoms with E-state index in [0.717, 1.165) is 37.7 Å². The van der Waals surface area contributed by atoms with Crippen LogP contribution >= 0.6 is 22.6 Å². The van der Waals surface area contributed by atoms with Crippen LogP contribution in [0, 0.1) is 0 Å². The van der Waals surface area contributed by atoms with E-state index in [0.29, 0.717) is 10.3 Å². The highest BCUT2D eigenvalue weighted by atomic mass is 127. The molecule has 3 nitrogen and oxygen atoms in total. The number of aliphatic hydroxyl groups is 1. The monoisotopic (exact) mass is 535 g/mol. The van der Waals surface area contributed by atoms with Crippen LogP contribution in [0.2, 0.25) is 0 Å². The first-order valence-electron chi connectivity index (χ1n) is 11.2. The third-order valence-electron chi connectivity index (χ3n) is 4.83. The van der Waals surface area contributed by atoms with Crippen LogP contribution in [0.25, 0.3) is 0 Å². The lowest BCUT2D eigenvalue weighted by molar-refractivity contribution is -0.117. The molecular weight excluding hydrogens is 497 g/mol. The van der Waals surface area contributed by atoms with Crippen molar-refractivity contribution < 1.29 is 9.90 Å². The van der Waals surface area contributed by atoms with Gasteiger partial charge in [0.2, 0.25) is 5.91 Å². The third kappa shape index (κ3) is 14.9. The van der Waals surface area contributed by atoms with Crippen LogP contribution in [0.4, 0.5) is 0 Å². The lowest BCUT2D eigenvalue weighted by atomic mass is 10.0. The predicted octanol–water partition coefficient (Wildman–Crippen LogP) is 6.68. The van der Waals surface area contributed by atoms with Gasteiger partial charge in [-0.1, -0.05) is 114 Å². The zero-order valence-electron chi connectivity index (χ0n) is 19.1. The topological polar surface area (TPSA) is 49.3 Å². The molecule has 0 aromatic rings. The van der Waals surface area contributed by atoms with Crippen LogP contribution in [0.3, 0.4) is 0 Å². The first-order valence-corrected chi connectivity index (χ1v) is 12.5. The lowest BCUT2D eigenvalue weighted by Crippen LogP contribution is -2.35. The number of halogens is 1. The number of carbonyl (C=O) groups is 1. The number of amides is 1. The van der Waals surface area contributed by atoms with Gasteiger partial charge >= 0.3 is 0 Å². The van der Waals surface area contributed by atoms with Gasteiger partial charge in [0.05, 0.1) is 6.10 Å². The van der Waals surface area contributed by atoms with Gasteiger partial charge in [-0.25, -0.2) is 0 Å². The molecule has 1 rings (SSSR count). The van der Waals surface area contributed by atoms with E-state index in [1.807, 2.05) is 37.3 Å². The summed E-state index contributed by atoms with van der Waals surface area (Å²) in [5, 5.41) is 13.2. The van der Waals surface area contributed by atoms with Crippen LogP contribution < -0.4 is 5.32 Å². The molecule has 2 N–H and O–H groups in total. The van der Waals surface area contributed by atoms with Gasteiger partial charge in [-0.2, -0.15) is 0 Å². The van der Waals surface area contributed by atoms with Crippen molar-refractivity contribution in [3.8, 4) is 0 Å². The summed E-state index contributed by atoms with van der Waals surface area (Å²) in [5.41, 5.74) is 2.25. The minimum absolute atomic E-state index is 0.0617. The lowest BCUT2D eigenvalue weighted by Gasteiger charge is -2.19. The molecule has 1 heterocycles. The molecule has 4 heteroatoms. The third-order valence-corrected chi connectivity index (χ3v) is 5.84. The van der Waals surface area contributed by atoms with E-state index in [1.54, 1.807) is 18.2 Å². The van der Waals surface area contributed by atoms with E-state index >= 15 is 0 Å². The molecule has 1 aliphatic rings. The van der Waals surface area contributed by atoms with Crippen molar-refractivity contribution in [2.75, 3.05) is 0 Å². The molecule has 0 radical (unpaired) electrons. The van der Waals surface area contributed by atoms with Gasteiger partial charge in [-0.3, -0.25) is 4.79 Å². The average Bonchev–Trinajstić information content (AvgIpc) is 2.73. The van der Waals surface area contributed by atoms with Crippen LogP contribution in [-0.4, -0.2) is 27.1 Å². The Balaban J connectivity index is 2.96. The summed E-state index contributed by atoms with van der Waals surface area (Å²) < 4.78 is 0.436. The summed E-state index contributed by atoms with van der Waals surface area (Å²) in [6, 6.07) is 0.122. The fraction of sp³-hybridized carbons (Fsp3) is 0.444. The van der Waals surface area contributed by atoms with E-state index in [9.17, 15) is 9.90 Å². The van der Waals surface area contributed by atoms with Crippen molar-refractivity contribution in [1.29, 1.82) is 0 Å². The Morgan fingerprint density at radius 1 is 1.03 bits per heavy atom. The van der Waals surface area contributed by atoms with Gasteiger partial charge in [0.15, 0.2) is 0 Å². The molecule has 0 fully saturated rings. The number of carbonyl (C=O) groups excluding carboxylic acids is 1. The zero-order valence-corrected chi connectivity index (χ0v) is 21.3. The zero-order chi connectivity index (χ0) is 22.9. The van der Waals surface area contributed by atoms with E-state index in [4.69, 9.17) is 0 Å². The molecule has 0 aromatic carbocycles. The maximum atomic E-state index is 12.4. The van der Waals surface area contributed by atoms with Crippen LogP contribution in [0.1, 0.15) is 59.3 Å². The number of hydrogen-bond acceptors (Lipinski definition) is 2. The van der Waals surface area contributed by atoms with Gasteiger partial charge in [0.1, 0.15) is 0 Å². The number of allylic oxidation sites excluding steroid dienone is 10. The van der Waals surface area contributed by atoms with Gasteiger partial charge in [-0.15, -0.1) is 0 Å². The van der Waals surface area contributed by atoms with E-state index in [1.165, 1.54) is 5.57 Å². The molecule has 0 aromatic heterocycles. The van der Waals surface area contributed by atoms with Gasteiger partial charge < -0.3 is 10.4 Å². The Kier molecular flexibility index (Phi) is 15.0. The van der Waals surface area contributed by atoms with Crippen LogP contribution in [0.15, 0.2) is 84.1 Å². The van der Waals surface area contributed by atoms with Gasteiger partial charge in [0.25, 0.3) is 0 Å². The van der Waals surface area contributed by atoms with Crippen molar-refractivity contribution >= 4 is 28.5 Å². The van der Waals surface area contributed by atoms with Crippen molar-refractivity contribution in [3.63, 3.8) is 0 Å². The van der Waals surface area contributed by atoms with Gasteiger partial charge in [0, 0.05) is 16.0 Å². The second kappa shape index (κ2) is 17.0. The SMILES string of the molecule is CCC/C=C/CC1CC(I)C/C=C(C)/C=C/C=C\C(O)C\C=C(C)/C=C/C=C/C(=O)N1. The molecule has 0 spiro atoms. The quantitative estimate of drug-likeness (QED) is 0.240. The first-order chi connectivity index (χ1) is 14.9. The normalized spacial score (nSPS) is 32.2. The molecule has 1 amide bonds.